The van der Waals surface area contributed by atoms with Crippen molar-refractivity contribution in [3.05, 3.63) is 18.5 Å². The first kappa shape index (κ1) is 10.5. The largest absolute Gasteiger partial charge is 0.332 e. The topological polar surface area (TPSA) is 92.3 Å². The molecule has 2 aliphatic rings. The van der Waals surface area contributed by atoms with Crippen molar-refractivity contribution in [3.63, 3.8) is 0 Å². The molecule has 2 fully saturated rings. The van der Waals surface area contributed by atoms with E-state index in [1.54, 1.807) is 6.07 Å². The first-order valence-electron chi connectivity index (χ1n) is 5.14. The molecule has 0 bridgehead atoms. The Morgan fingerprint density at radius 1 is 1.29 bits per heavy atom. The minimum atomic E-state index is -3.08. The number of rotatable bonds is 1. The molecule has 2 saturated heterocycles. The van der Waals surface area contributed by atoms with Gasteiger partial charge in [-0.2, -0.15) is 0 Å². The van der Waals surface area contributed by atoms with E-state index in [9.17, 15) is 13.2 Å². The number of urea groups is 1. The van der Waals surface area contributed by atoms with Gasteiger partial charge < -0.3 is 5.32 Å². The first-order valence-corrected chi connectivity index (χ1v) is 6.96. The SMILES string of the molecule is O=C1N[C@@H]2CS(=O)(=O)C[C@@H]2N1c1ncccn1. The molecule has 7 nitrogen and oxygen atoms in total. The van der Waals surface area contributed by atoms with Crippen LogP contribution in [0.15, 0.2) is 18.5 Å². The van der Waals surface area contributed by atoms with Crippen LogP contribution in [-0.4, -0.2) is 48.0 Å². The van der Waals surface area contributed by atoms with Crippen LogP contribution in [0, 0.1) is 0 Å². The second-order valence-corrected chi connectivity index (χ2v) is 6.27. The molecule has 2 aliphatic heterocycles. The number of fused-ring (bicyclic) bond motifs is 1. The zero-order valence-electron chi connectivity index (χ0n) is 8.78. The molecule has 17 heavy (non-hydrogen) atoms. The quantitative estimate of drug-likeness (QED) is 0.660. The fourth-order valence-corrected chi connectivity index (χ4v) is 4.15. The minimum Gasteiger partial charge on any atom is -0.332 e. The monoisotopic (exact) mass is 254 g/mol. The maximum absolute atomic E-state index is 11.7. The third-order valence-electron chi connectivity index (χ3n) is 2.95. The Balaban J connectivity index is 1.98. The summed E-state index contributed by atoms with van der Waals surface area (Å²) in [5.74, 6) is 0.205. The lowest BCUT2D eigenvalue weighted by atomic mass is 10.2. The highest BCUT2D eigenvalue weighted by molar-refractivity contribution is 7.91. The van der Waals surface area contributed by atoms with Crippen molar-refractivity contribution in [1.29, 1.82) is 0 Å². The number of sulfone groups is 1. The molecule has 0 unspecified atom stereocenters. The van der Waals surface area contributed by atoms with E-state index >= 15 is 0 Å². The van der Waals surface area contributed by atoms with Crippen LogP contribution in [0.5, 0.6) is 0 Å². The number of aromatic nitrogens is 2. The summed E-state index contributed by atoms with van der Waals surface area (Å²) in [6, 6.07) is 0.563. The highest BCUT2D eigenvalue weighted by Crippen LogP contribution is 2.26. The van der Waals surface area contributed by atoms with Crippen LogP contribution >= 0.6 is 0 Å². The predicted molar refractivity (Wildman–Crippen MR) is 59.3 cm³/mol. The Morgan fingerprint density at radius 2 is 2.00 bits per heavy atom. The number of hydrogen-bond acceptors (Lipinski definition) is 5. The highest BCUT2D eigenvalue weighted by Gasteiger charge is 2.50. The molecule has 8 heteroatoms. The van der Waals surface area contributed by atoms with Crippen molar-refractivity contribution in [2.24, 2.45) is 0 Å². The second kappa shape index (κ2) is 3.39. The van der Waals surface area contributed by atoms with E-state index in [4.69, 9.17) is 0 Å². The third-order valence-corrected chi connectivity index (χ3v) is 4.67. The Morgan fingerprint density at radius 3 is 2.71 bits per heavy atom. The van der Waals surface area contributed by atoms with E-state index in [1.165, 1.54) is 17.3 Å². The van der Waals surface area contributed by atoms with Crippen molar-refractivity contribution in [2.75, 3.05) is 16.4 Å². The van der Waals surface area contributed by atoms with Crippen molar-refractivity contribution in [3.8, 4) is 0 Å². The number of anilines is 1. The van der Waals surface area contributed by atoms with E-state index in [1.807, 2.05) is 0 Å². The minimum absolute atomic E-state index is 0.00720. The van der Waals surface area contributed by atoms with Crippen LogP contribution in [-0.2, 0) is 9.84 Å². The number of carbonyl (C=O) groups is 1. The van der Waals surface area contributed by atoms with Gasteiger partial charge >= 0.3 is 6.03 Å². The van der Waals surface area contributed by atoms with Crippen LogP contribution in [0.2, 0.25) is 0 Å². The van der Waals surface area contributed by atoms with Gasteiger partial charge in [-0.15, -0.1) is 0 Å². The lowest BCUT2D eigenvalue weighted by Gasteiger charge is -2.18. The molecule has 1 aromatic heterocycles. The molecule has 0 aliphatic carbocycles. The van der Waals surface area contributed by atoms with Crippen LogP contribution in [0.1, 0.15) is 0 Å². The summed E-state index contributed by atoms with van der Waals surface area (Å²) >= 11 is 0. The fourth-order valence-electron chi connectivity index (χ4n) is 2.25. The summed E-state index contributed by atoms with van der Waals surface area (Å²) in [5, 5.41) is 2.65. The number of carbonyl (C=O) groups excluding carboxylic acids is 1. The van der Waals surface area contributed by atoms with Crippen LogP contribution in [0.3, 0.4) is 0 Å². The van der Waals surface area contributed by atoms with E-state index in [-0.39, 0.29) is 29.5 Å². The van der Waals surface area contributed by atoms with Gasteiger partial charge in [0.15, 0.2) is 9.84 Å². The van der Waals surface area contributed by atoms with Gasteiger partial charge in [0.1, 0.15) is 0 Å². The molecule has 1 aromatic rings. The smallest absolute Gasteiger partial charge is 0.324 e. The normalized spacial score (nSPS) is 30.1. The first-order chi connectivity index (χ1) is 8.07. The van der Waals surface area contributed by atoms with Gasteiger partial charge in [-0.1, -0.05) is 0 Å². The zero-order chi connectivity index (χ0) is 12.0. The summed E-state index contributed by atoms with van der Waals surface area (Å²) in [4.78, 5) is 21.0. The van der Waals surface area contributed by atoms with Crippen LogP contribution in [0.4, 0.5) is 10.7 Å². The molecule has 0 spiro atoms. The van der Waals surface area contributed by atoms with E-state index < -0.39 is 15.9 Å². The molecule has 3 rings (SSSR count). The molecule has 0 saturated carbocycles. The van der Waals surface area contributed by atoms with Gasteiger partial charge in [-0.3, -0.25) is 4.90 Å². The standard InChI is InChI=1S/C9H10N4O3S/c14-9-12-6-4-17(15,16)5-7(6)13(9)8-10-2-1-3-11-8/h1-3,6-7H,4-5H2,(H,12,14)/t6-,7+/m1/s1. The predicted octanol–water partition coefficient (Wildman–Crippen LogP) is -0.828. The van der Waals surface area contributed by atoms with Gasteiger partial charge in [0, 0.05) is 12.4 Å². The number of amides is 2. The van der Waals surface area contributed by atoms with Gasteiger partial charge in [0.05, 0.1) is 23.6 Å². The lowest BCUT2D eigenvalue weighted by Crippen LogP contribution is -2.38. The lowest BCUT2D eigenvalue weighted by molar-refractivity contribution is 0.250. The molecule has 1 N–H and O–H groups in total. The summed E-state index contributed by atoms with van der Waals surface area (Å²) in [7, 11) is -3.08. The van der Waals surface area contributed by atoms with Gasteiger partial charge in [0.2, 0.25) is 5.95 Å². The van der Waals surface area contributed by atoms with E-state index in [0.29, 0.717) is 0 Å². The van der Waals surface area contributed by atoms with Crippen LogP contribution < -0.4 is 10.2 Å². The van der Waals surface area contributed by atoms with Gasteiger partial charge in [0.25, 0.3) is 0 Å². The Labute approximate surface area is 97.8 Å². The second-order valence-electron chi connectivity index (χ2n) is 4.12. The van der Waals surface area contributed by atoms with Crippen LogP contribution in [0.25, 0.3) is 0 Å². The van der Waals surface area contributed by atoms with Crippen molar-refractivity contribution < 1.29 is 13.2 Å². The number of nitrogens with one attached hydrogen (secondary N) is 1. The Kier molecular flexibility index (Phi) is 2.09. The highest BCUT2D eigenvalue weighted by atomic mass is 32.2. The third kappa shape index (κ3) is 1.64. The number of hydrogen-bond donors (Lipinski definition) is 1. The molecule has 0 radical (unpaired) electrons. The fraction of sp³-hybridized carbons (Fsp3) is 0.444. The Hall–Kier alpha value is -1.70. The maximum atomic E-state index is 11.7. The molecular weight excluding hydrogens is 244 g/mol. The summed E-state index contributed by atoms with van der Waals surface area (Å²) in [5.41, 5.74) is 0. The van der Waals surface area contributed by atoms with Gasteiger partial charge in [-0.05, 0) is 6.07 Å². The molecule has 2 amide bonds. The molecule has 0 aromatic carbocycles. The zero-order valence-corrected chi connectivity index (χ0v) is 9.59. The molecular formula is C9H10N4O3S. The summed E-state index contributed by atoms with van der Waals surface area (Å²) < 4.78 is 23.0. The van der Waals surface area contributed by atoms with E-state index in [0.717, 1.165) is 0 Å². The summed E-state index contributed by atoms with van der Waals surface area (Å²) in [6.45, 7) is 0. The molecule has 90 valence electrons. The Bertz CT molecular complexity index is 559. The van der Waals surface area contributed by atoms with Gasteiger partial charge in [-0.25, -0.2) is 23.2 Å². The molecule has 3 heterocycles. The van der Waals surface area contributed by atoms with Crippen molar-refractivity contribution in [1.82, 2.24) is 15.3 Å². The van der Waals surface area contributed by atoms with Crippen molar-refractivity contribution in [2.45, 2.75) is 12.1 Å². The van der Waals surface area contributed by atoms with E-state index in [2.05, 4.69) is 15.3 Å². The molecule has 2 atom stereocenters. The summed E-state index contributed by atoms with van der Waals surface area (Å²) in [6.07, 6.45) is 3.04. The number of nitrogens with zero attached hydrogens (tertiary/aromatic N) is 3. The average Bonchev–Trinajstić information content (AvgIpc) is 2.69. The van der Waals surface area contributed by atoms with Crippen molar-refractivity contribution >= 4 is 21.8 Å². The average molecular weight is 254 g/mol. The maximum Gasteiger partial charge on any atom is 0.324 e.